The van der Waals surface area contributed by atoms with Crippen molar-refractivity contribution in [3.05, 3.63) is 17.5 Å². The fraction of sp³-hybridized carbons (Fsp3) is 0.600. The van der Waals surface area contributed by atoms with Crippen molar-refractivity contribution in [2.45, 2.75) is 26.6 Å². The van der Waals surface area contributed by atoms with E-state index in [9.17, 15) is 18.0 Å². The second-order valence-corrected chi connectivity index (χ2v) is 3.98. The Kier molecular flexibility index (Phi) is 3.79. The van der Waals surface area contributed by atoms with Crippen molar-refractivity contribution in [1.82, 2.24) is 9.78 Å². The quantitative estimate of drug-likeness (QED) is 0.773. The van der Waals surface area contributed by atoms with Gasteiger partial charge in [0.2, 0.25) is 0 Å². The first-order valence-corrected chi connectivity index (χ1v) is 4.99. The number of hydrogen-bond donors (Lipinski definition) is 0. The predicted molar refractivity (Wildman–Crippen MR) is 53.4 cm³/mol. The molecule has 1 heterocycles. The van der Waals surface area contributed by atoms with E-state index in [1.54, 1.807) is 0 Å². The molecule has 0 N–H and O–H groups in total. The summed E-state index contributed by atoms with van der Waals surface area (Å²) in [6.45, 7) is 3.85. The fourth-order valence-corrected chi connectivity index (χ4v) is 1.31. The van der Waals surface area contributed by atoms with Gasteiger partial charge in [-0.05, 0) is 5.92 Å². The van der Waals surface area contributed by atoms with Crippen molar-refractivity contribution >= 4 is 5.97 Å². The third-order valence-electron chi connectivity index (χ3n) is 2.00. The number of carbonyl (C=O) groups is 1. The fourth-order valence-electron chi connectivity index (χ4n) is 1.31. The predicted octanol–water partition coefficient (Wildman–Crippen LogP) is 2.34. The highest BCUT2D eigenvalue weighted by molar-refractivity contribution is 5.87. The summed E-state index contributed by atoms with van der Waals surface area (Å²) in [6, 6.07) is 0.703. The van der Waals surface area contributed by atoms with Gasteiger partial charge in [0.15, 0.2) is 5.69 Å². The summed E-state index contributed by atoms with van der Waals surface area (Å²) in [5, 5.41) is 3.38. The summed E-state index contributed by atoms with van der Waals surface area (Å²) in [5.74, 6) is -0.756. The molecule has 1 rings (SSSR count). The third-order valence-corrected chi connectivity index (χ3v) is 2.00. The molecule has 1 aromatic rings. The van der Waals surface area contributed by atoms with Crippen LogP contribution in [0.4, 0.5) is 13.2 Å². The Morgan fingerprint density at radius 3 is 2.53 bits per heavy atom. The zero-order valence-electron chi connectivity index (χ0n) is 9.71. The van der Waals surface area contributed by atoms with Gasteiger partial charge in [0, 0.05) is 12.6 Å². The second kappa shape index (κ2) is 4.77. The maximum atomic E-state index is 12.5. The minimum Gasteiger partial charge on any atom is -0.464 e. The smallest absolute Gasteiger partial charge is 0.435 e. The number of methoxy groups -OCH3 is 1. The lowest BCUT2D eigenvalue weighted by Gasteiger charge is -2.08. The number of aromatic nitrogens is 2. The Balaban J connectivity index is 3.16. The van der Waals surface area contributed by atoms with Crippen molar-refractivity contribution in [3.63, 3.8) is 0 Å². The number of ether oxygens (including phenoxy) is 1. The number of esters is 1. The van der Waals surface area contributed by atoms with Crippen molar-refractivity contribution in [1.29, 1.82) is 0 Å². The molecule has 17 heavy (non-hydrogen) atoms. The molecule has 0 fully saturated rings. The first-order valence-electron chi connectivity index (χ1n) is 4.99. The van der Waals surface area contributed by atoms with E-state index in [2.05, 4.69) is 9.84 Å². The minimum absolute atomic E-state index is 0.0689. The zero-order chi connectivity index (χ0) is 13.2. The van der Waals surface area contributed by atoms with Crippen LogP contribution in [0.1, 0.15) is 30.0 Å². The molecule has 0 amide bonds. The summed E-state index contributed by atoms with van der Waals surface area (Å²) in [4.78, 5) is 11.3. The molecular formula is C10H13F3N2O2. The van der Waals surface area contributed by atoms with Gasteiger partial charge in [-0.15, -0.1) is 0 Å². The summed E-state index contributed by atoms with van der Waals surface area (Å²) in [7, 11) is 1.11. The topological polar surface area (TPSA) is 44.1 Å². The first-order chi connectivity index (χ1) is 7.75. The lowest BCUT2D eigenvalue weighted by Crippen LogP contribution is -2.15. The molecule has 0 bridgehead atoms. The maximum Gasteiger partial charge on any atom is 0.435 e. The highest BCUT2D eigenvalue weighted by Crippen LogP contribution is 2.28. The highest BCUT2D eigenvalue weighted by Gasteiger charge is 2.36. The van der Waals surface area contributed by atoms with E-state index in [1.165, 1.54) is 0 Å². The number of carbonyl (C=O) groups excluding carboxylic acids is 1. The average Bonchev–Trinajstić information content (AvgIpc) is 2.59. The zero-order valence-corrected chi connectivity index (χ0v) is 9.71. The summed E-state index contributed by atoms with van der Waals surface area (Å²) >= 11 is 0. The standard InChI is InChI=1S/C10H13F3N2O2/c1-6(2)5-15-7(9(16)17-3)4-8(14-15)10(11,12)13/h4,6H,5H2,1-3H3. The molecule has 0 aliphatic rings. The van der Waals surface area contributed by atoms with E-state index in [0.717, 1.165) is 11.8 Å². The average molecular weight is 250 g/mol. The molecule has 0 saturated carbocycles. The molecule has 96 valence electrons. The number of halogens is 3. The number of hydrogen-bond acceptors (Lipinski definition) is 3. The number of alkyl halides is 3. The minimum atomic E-state index is -4.56. The van der Waals surface area contributed by atoms with Crippen LogP contribution < -0.4 is 0 Å². The van der Waals surface area contributed by atoms with Gasteiger partial charge in [-0.3, -0.25) is 4.68 Å². The van der Waals surface area contributed by atoms with Crippen molar-refractivity contribution in [2.24, 2.45) is 5.92 Å². The molecule has 0 spiro atoms. The molecule has 0 saturated heterocycles. The molecule has 0 aliphatic carbocycles. The van der Waals surface area contributed by atoms with Gasteiger partial charge in [-0.2, -0.15) is 18.3 Å². The van der Waals surface area contributed by atoms with Crippen LogP contribution in [0.25, 0.3) is 0 Å². The Hall–Kier alpha value is -1.53. The van der Waals surface area contributed by atoms with Crippen molar-refractivity contribution in [3.8, 4) is 0 Å². The van der Waals surface area contributed by atoms with Gasteiger partial charge in [-0.1, -0.05) is 13.8 Å². The summed E-state index contributed by atoms with van der Waals surface area (Å²) < 4.78 is 42.8. The summed E-state index contributed by atoms with van der Waals surface area (Å²) in [6.07, 6.45) is -4.56. The molecule has 1 aromatic heterocycles. The van der Waals surface area contributed by atoms with Crippen LogP contribution in [-0.4, -0.2) is 22.9 Å². The molecule has 4 nitrogen and oxygen atoms in total. The molecule has 0 radical (unpaired) electrons. The lowest BCUT2D eigenvalue weighted by molar-refractivity contribution is -0.141. The largest absolute Gasteiger partial charge is 0.464 e. The van der Waals surface area contributed by atoms with Crippen molar-refractivity contribution in [2.75, 3.05) is 7.11 Å². The van der Waals surface area contributed by atoms with Crippen LogP contribution in [0.2, 0.25) is 0 Å². The molecule has 0 aromatic carbocycles. The molecule has 0 aliphatic heterocycles. The van der Waals surface area contributed by atoms with E-state index in [0.29, 0.717) is 6.07 Å². The van der Waals surface area contributed by atoms with Gasteiger partial charge < -0.3 is 4.74 Å². The number of nitrogens with zero attached hydrogens (tertiary/aromatic N) is 2. The van der Waals surface area contributed by atoms with Crippen molar-refractivity contribution < 1.29 is 22.7 Å². The lowest BCUT2D eigenvalue weighted by atomic mass is 10.2. The van der Waals surface area contributed by atoms with Crippen LogP contribution in [0.15, 0.2) is 6.07 Å². The van der Waals surface area contributed by atoms with Gasteiger partial charge in [0.25, 0.3) is 0 Å². The van der Waals surface area contributed by atoms with E-state index < -0.39 is 17.8 Å². The first kappa shape index (κ1) is 13.5. The second-order valence-electron chi connectivity index (χ2n) is 3.98. The molecular weight excluding hydrogens is 237 g/mol. The van der Waals surface area contributed by atoms with Crippen LogP contribution in [-0.2, 0) is 17.5 Å². The highest BCUT2D eigenvalue weighted by atomic mass is 19.4. The van der Waals surface area contributed by atoms with Gasteiger partial charge in [-0.25, -0.2) is 4.79 Å². The maximum absolute atomic E-state index is 12.5. The number of rotatable bonds is 3. The van der Waals surface area contributed by atoms with E-state index in [1.807, 2.05) is 13.8 Å². The van der Waals surface area contributed by atoms with Gasteiger partial charge >= 0.3 is 12.1 Å². The van der Waals surface area contributed by atoms with Crippen LogP contribution in [0.3, 0.4) is 0 Å². The van der Waals surface area contributed by atoms with E-state index in [-0.39, 0.29) is 18.2 Å². The van der Waals surface area contributed by atoms with Gasteiger partial charge in [0.05, 0.1) is 7.11 Å². The van der Waals surface area contributed by atoms with E-state index in [4.69, 9.17) is 0 Å². The Morgan fingerprint density at radius 1 is 1.53 bits per heavy atom. The van der Waals surface area contributed by atoms with Gasteiger partial charge in [0.1, 0.15) is 5.69 Å². The van der Waals surface area contributed by atoms with Crippen LogP contribution in [0, 0.1) is 5.92 Å². The Labute approximate surface area is 96.4 Å². The van der Waals surface area contributed by atoms with Crippen LogP contribution >= 0.6 is 0 Å². The third kappa shape index (κ3) is 3.21. The SMILES string of the molecule is COC(=O)c1cc(C(F)(F)F)nn1CC(C)C. The Morgan fingerprint density at radius 2 is 2.12 bits per heavy atom. The normalized spacial score (nSPS) is 11.9. The van der Waals surface area contributed by atoms with Crippen LogP contribution in [0.5, 0.6) is 0 Å². The van der Waals surface area contributed by atoms with E-state index >= 15 is 0 Å². The Bertz CT molecular complexity index is 410. The molecule has 0 atom stereocenters. The molecule has 0 unspecified atom stereocenters. The summed E-state index contributed by atoms with van der Waals surface area (Å²) in [5.41, 5.74) is -1.27. The monoisotopic (exact) mass is 250 g/mol. The molecule has 7 heteroatoms.